The van der Waals surface area contributed by atoms with Gasteiger partial charge in [0.2, 0.25) is 0 Å². The van der Waals surface area contributed by atoms with Crippen LogP contribution in [0.5, 0.6) is 0 Å². The SMILES string of the molecule is CCCCCCC(C(=O)OCC)(C(=O)OCC)C(=O)OCC. The van der Waals surface area contributed by atoms with E-state index in [1.807, 2.05) is 0 Å². The lowest BCUT2D eigenvalue weighted by molar-refractivity contribution is -0.184. The van der Waals surface area contributed by atoms with Crippen LogP contribution in [-0.2, 0) is 28.6 Å². The fraction of sp³-hybridized carbons (Fsp3) is 0.812. The van der Waals surface area contributed by atoms with E-state index < -0.39 is 23.3 Å². The molecule has 0 aliphatic rings. The lowest BCUT2D eigenvalue weighted by Crippen LogP contribution is -2.49. The first-order valence-electron chi connectivity index (χ1n) is 8.02. The summed E-state index contributed by atoms with van der Waals surface area (Å²) >= 11 is 0. The fourth-order valence-corrected chi connectivity index (χ4v) is 2.14. The fourth-order valence-electron chi connectivity index (χ4n) is 2.14. The van der Waals surface area contributed by atoms with E-state index in [2.05, 4.69) is 6.92 Å². The molecule has 6 nitrogen and oxygen atoms in total. The van der Waals surface area contributed by atoms with Crippen LogP contribution in [0.2, 0.25) is 0 Å². The molecule has 0 aliphatic carbocycles. The molecule has 0 heterocycles. The quantitative estimate of drug-likeness (QED) is 0.252. The molecule has 0 atom stereocenters. The molecule has 0 N–H and O–H groups in total. The molecule has 0 saturated carbocycles. The van der Waals surface area contributed by atoms with Gasteiger partial charge in [-0.05, 0) is 27.2 Å². The minimum absolute atomic E-state index is 0.0451. The number of rotatable bonds is 11. The highest BCUT2D eigenvalue weighted by atomic mass is 16.6. The number of unbranched alkanes of at least 4 members (excludes halogenated alkanes) is 3. The van der Waals surface area contributed by atoms with E-state index >= 15 is 0 Å². The maximum atomic E-state index is 12.3. The van der Waals surface area contributed by atoms with Crippen molar-refractivity contribution in [2.75, 3.05) is 19.8 Å². The molecule has 0 aromatic heterocycles. The van der Waals surface area contributed by atoms with Crippen molar-refractivity contribution in [3.8, 4) is 0 Å². The van der Waals surface area contributed by atoms with Crippen LogP contribution in [0.25, 0.3) is 0 Å². The van der Waals surface area contributed by atoms with E-state index in [0.717, 1.165) is 19.3 Å². The third-order valence-corrected chi connectivity index (χ3v) is 3.28. The Hall–Kier alpha value is -1.59. The normalized spacial score (nSPS) is 10.9. The smallest absolute Gasteiger partial charge is 0.335 e. The minimum Gasteiger partial charge on any atom is -0.465 e. The molecule has 0 aromatic carbocycles. The molecule has 0 bridgehead atoms. The van der Waals surface area contributed by atoms with Crippen LogP contribution in [0.3, 0.4) is 0 Å². The van der Waals surface area contributed by atoms with Crippen LogP contribution in [-0.4, -0.2) is 37.7 Å². The molecule has 0 saturated heterocycles. The van der Waals surface area contributed by atoms with Crippen molar-refractivity contribution >= 4 is 17.9 Å². The van der Waals surface area contributed by atoms with Gasteiger partial charge in [-0.2, -0.15) is 0 Å². The predicted molar refractivity (Wildman–Crippen MR) is 81.1 cm³/mol. The Balaban J connectivity index is 5.43. The van der Waals surface area contributed by atoms with Crippen LogP contribution in [0.15, 0.2) is 0 Å². The summed E-state index contributed by atoms with van der Waals surface area (Å²) < 4.78 is 14.9. The van der Waals surface area contributed by atoms with Crippen LogP contribution in [0, 0.1) is 5.41 Å². The average Bonchev–Trinajstić information content (AvgIpc) is 2.48. The molecule has 22 heavy (non-hydrogen) atoms. The van der Waals surface area contributed by atoms with Gasteiger partial charge in [-0.15, -0.1) is 0 Å². The first-order valence-corrected chi connectivity index (χ1v) is 8.02. The highest BCUT2D eigenvalue weighted by Gasteiger charge is 2.56. The van der Waals surface area contributed by atoms with E-state index in [0.29, 0.717) is 6.42 Å². The topological polar surface area (TPSA) is 78.9 Å². The van der Waals surface area contributed by atoms with E-state index in [4.69, 9.17) is 14.2 Å². The van der Waals surface area contributed by atoms with Gasteiger partial charge in [-0.1, -0.05) is 32.6 Å². The largest absolute Gasteiger partial charge is 0.465 e. The molecule has 0 aromatic rings. The molecule has 0 unspecified atom stereocenters. The standard InChI is InChI=1S/C16H28O6/c1-5-9-10-11-12-16(13(17)20-6-2,14(18)21-7-3)15(19)22-8-4/h5-12H2,1-4H3. The summed E-state index contributed by atoms with van der Waals surface area (Å²) in [4.78, 5) is 37.0. The lowest BCUT2D eigenvalue weighted by Gasteiger charge is -2.26. The van der Waals surface area contributed by atoms with Crippen molar-refractivity contribution in [3.63, 3.8) is 0 Å². The summed E-state index contributed by atoms with van der Waals surface area (Å²) in [6.45, 7) is 7.15. The van der Waals surface area contributed by atoms with Gasteiger partial charge < -0.3 is 14.2 Å². The average molecular weight is 316 g/mol. The van der Waals surface area contributed by atoms with Gasteiger partial charge in [0.1, 0.15) is 0 Å². The summed E-state index contributed by atoms with van der Waals surface area (Å²) in [5.41, 5.74) is -2.00. The molecule has 0 rings (SSSR count). The van der Waals surface area contributed by atoms with Crippen molar-refractivity contribution in [1.29, 1.82) is 0 Å². The van der Waals surface area contributed by atoms with Crippen molar-refractivity contribution in [2.24, 2.45) is 5.41 Å². The second kappa shape index (κ2) is 11.0. The molecule has 6 heteroatoms. The minimum atomic E-state index is -2.00. The number of esters is 3. The third-order valence-electron chi connectivity index (χ3n) is 3.28. The second-order valence-corrected chi connectivity index (χ2v) is 4.88. The lowest BCUT2D eigenvalue weighted by atomic mass is 9.82. The van der Waals surface area contributed by atoms with E-state index in [9.17, 15) is 14.4 Å². The van der Waals surface area contributed by atoms with Gasteiger partial charge in [-0.3, -0.25) is 14.4 Å². The Bertz CT molecular complexity index is 318. The van der Waals surface area contributed by atoms with Crippen LogP contribution >= 0.6 is 0 Å². The van der Waals surface area contributed by atoms with Gasteiger partial charge in [-0.25, -0.2) is 0 Å². The number of ether oxygens (including phenoxy) is 3. The molecule has 0 aliphatic heterocycles. The van der Waals surface area contributed by atoms with Gasteiger partial charge >= 0.3 is 17.9 Å². The molecule has 0 fully saturated rings. The number of hydrogen-bond acceptors (Lipinski definition) is 6. The Labute approximate surface area is 132 Å². The van der Waals surface area contributed by atoms with Crippen molar-refractivity contribution in [3.05, 3.63) is 0 Å². The zero-order chi connectivity index (χ0) is 17.0. The Morgan fingerprint density at radius 2 is 1.09 bits per heavy atom. The van der Waals surface area contributed by atoms with E-state index in [-0.39, 0.29) is 26.2 Å². The summed E-state index contributed by atoms with van der Waals surface area (Å²) in [7, 11) is 0. The molecule has 0 radical (unpaired) electrons. The summed E-state index contributed by atoms with van der Waals surface area (Å²) in [5, 5.41) is 0. The van der Waals surface area contributed by atoms with Crippen LogP contribution < -0.4 is 0 Å². The van der Waals surface area contributed by atoms with Crippen LogP contribution in [0.1, 0.15) is 59.8 Å². The van der Waals surface area contributed by atoms with Crippen LogP contribution in [0.4, 0.5) is 0 Å². The summed E-state index contributed by atoms with van der Waals surface area (Å²) in [6.07, 6.45) is 3.38. The van der Waals surface area contributed by atoms with E-state index in [1.54, 1.807) is 20.8 Å². The first kappa shape index (κ1) is 20.4. The maximum absolute atomic E-state index is 12.3. The van der Waals surface area contributed by atoms with E-state index in [1.165, 1.54) is 0 Å². The van der Waals surface area contributed by atoms with Crippen molar-refractivity contribution in [2.45, 2.75) is 59.8 Å². The Morgan fingerprint density at radius 1 is 0.682 bits per heavy atom. The highest BCUT2D eigenvalue weighted by molar-refractivity contribution is 6.17. The zero-order valence-electron chi connectivity index (χ0n) is 14.1. The van der Waals surface area contributed by atoms with Crippen molar-refractivity contribution < 1.29 is 28.6 Å². The summed E-state index contributed by atoms with van der Waals surface area (Å²) in [5.74, 6) is -2.66. The van der Waals surface area contributed by atoms with Gasteiger partial charge in [0.15, 0.2) is 0 Å². The third kappa shape index (κ3) is 5.31. The number of carbonyl (C=O) groups is 3. The first-order chi connectivity index (χ1) is 10.5. The molecular formula is C16H28O6. The Kier molecular flexibility index (Phi) is 10.2. The molecule has 128 valence electrons. The molecule has 0 spiro atoms. The zero-order valence-corrected chi connectivity index (χ0v) is 14.1. The predicted octanol–water partition coefficient (Wildman–Crippen LogP) is 2.63. The van der Waals surface area contributed by atoms with Gasteiger partial charge in [0.25, 0.3) is 5.41 Å². The number of carbonyl (C=O) groups excluding carboxylic acids is 3. The number of hydrogen-bond donors (Lipinski definition) is 0. The maximum Gasteiger partial charge on any atom is 0.335 e. The van der Waals surface area contributed by atoms with Gasteiger partial charge in [0, 0.05) is 0 Å². The summed E-state index contributed by atoms with van der Waals surface area (Å²) in [6, 6.07) is 0. The van der Waals surface area contributed by atoms with Gasteiger partial charge in [0.05, 0.1) is 19.8 Å². The monoisotopic (exact) mass is 316 g/mol. The molecule has 0 amide bonds. The van der Waals surface area contributed by atoms with Crippen molar-refractivity contribution in [1.82, 2.24) is 0 Å². The second-order valence-electron chi connectivity index (χ2n) is 4.88. The highest BCUT2D eigenvalue weighted by Crippen LogP contribution is 2.31. The molecular weight excluding hydrogens is 288 g/mol. The Morgan fingerprint density at radius 3 is 1.41 bits per heavy atom.